The molecule has 1 heterocycles. The number of benzene rings is 1. The van der Waals surface area contributed by atoms with Crippen LogP contribution in [-0.4, -0.2) is 31.2 Å². The molecule has 2 rings (SSSR count). The molecule has 16 heavy (non-hydrogen) atoms. The predicted molar refractivity (Wildman–Crippen MR) is 70.4 cm³/mol. The van der Waals surface area contributed by atoms with Crippen LogP contribution in [0.3, 0.4) is 0 Å². The normalized spacial score (nSPS) is 19.9. The van der Waals surface area contributed by atoms with Gasteiger partial charge in [-0.25, -0.2) is 0 Å². The first-order valence-electron chi connectivity index (χ1n) is 5.82. The number of rotatable bonds is 5. The van der Waals surface area contributed by atoms with E-state index in [2.05, 4.69) is 35.3 Å². The first-order valence-corrected chi connectivity index (χ1v) is 6.98. The quantitative estimate of drug-likeness (QED) is 0.849. The summed E-state index contributed by atoms with van der Waals surface area (Å²) in [5.41, 5.74) is 1.34. The summed E-state index contributed by atoms with van der Waals surface area (Å²) < 4.78 is 5.21. The summed E-state index contributed by atoms with van der Waals surface area (Å²) in [6.45, 7) is 1.07. The highest BCUT2D eigenvalue weighted by Crippen LogP contribution is 2.17. The van der Waals surface area contributed by atoms with Gasteiger partial charge < -0.3 is 10.1 Å². The number of nitrogens with one attached hydrogen (secondary N) is 1. The zero-order valence-electron chi connectivity index (χ0n) is 9.74. The lowest BCUT2D eigenvalue weighted by atomic mass is 10.1. The topological polar surface area (TPSA) is 21.3 Å². The van der Waals surface area contributed by atoms with Gasteiger partial charge in [0.15, 0.2) is 0 Å². The maximum absolute atomic E-state index is 5.21. The van der Waals surface area contributed by atoms with Crippen molar-refractivity contribution < 1.29 is 4.74 Å². The fourth-order valence-electron chi connectivity index (χ4n) is 1.94. The van der Waals surface area contributed by atoms with E-state index in [-0.39, 0.29) is 0 Å². The van der Waals surface area contributed by atoms with Crippen molar-refractivity contribution in [3.8, 4) is 5.75 Å². The first kappa shape index (κ1) is 11.8. The van der Waals surface area contributed by atoms with E-state index in [1.54, 1.807) is 7.11 Å². The molecule has 1 aromatic rings. The Bertz CT molecular complexity index is 323. The molecule has 1 saturated heterocycles. The van der Waals surface area contributed by atoms with Gasteiger partial charge in [0.1, 0.15) is 5.75 Å². The van der Waals surface area contributed by atoms with Gasteiger partial charge in [0.2, 0.25) is 0 Å². The highest BCUT2D eigenvalue weighted by Gasteiger charge is 2.13. The van der Waals surface area contributed by atoms with Crippen LogP contribution in [-0.2, 0) is 6.42 Å². The summed E-state index contributed by atoms with van der Waals surface area (Å²) >= 11 is 2.05. The lowest BCUT2D eigenvalue weighted by Gasteiger charge is -2.11. The third-order valence-corrected chi connectivity index (χ3v) is 4.07. The van der Waals surface area contributed by atoms with Crippen molar-refractivity contribution in [2.75, 3.05) is 25.2 Å². The average Bonchev–Trinajstić information content (AvgIpc) is 2.82. The van der Waals surface area contributed by atoms with Crippen molar-refractivity contribution in [3.05, 3.63) is 29.8 Å². The van der Waals surface area contributed by atoms with E-state index >= 15 is 0 Å². The van der Waals surface area contributed by atoms with E-state index in [9.17, 15) is 0 Å². The van der Waals surface area contributed by atoms with Crippen LogP contribution in [0.4, 0.5) is 0 Å². The molecule has 0 radical (unpaired) electrons. The highest BCUT2D eigenvalue weighted by molar-refractivity contribution is 7.99. The average molecular weight is 237 g/mol. The molecule has 1 fully saturated rings. The molecule has 2 nitrogen and oxygen atoms in total. The zero-order chi connectivity index (χ0) is 11.2. The number of methoxy groups -OCH3 is 1. The SMILES string of the molecule is COc1cccc(CCN[C@@H]2CCSC2)c1. The standard InChI is InChI=1S/C13H19NOS/c1-15-13-4-2-3-11(9-13)5-7-14-12-6-8-16-10-12/h2-4,9,12,14H,5-8,10H2,1H3/t12-/m1/s1. The van der Waals surface area contributed by atoms with E-state index in [4.69, 9.17) is 4.74 Å². The Kier molecular flexibility index (Phi) is 4.55. The molecule has 0 bridgehead atoms. The lowest BCUT2D eigenvalue weighted by Crippen LogP contribution is -2.30. The minimum Gasteiger partial charge on any atom is -0.497 e. The molecule has 1 atom stereocenters. The zero-order valence-corrected chi connectivity index (χ0v) is 10.6. The fourth-order valence-corrected chi connectivity index (χ4v) is 3.13. The van der Waals surface area contributed by atoms with Gasteiger partial charge in [0.05, 0.1) is 7.11 Å². The molecule has 1 aliphatic rings. The second kappa shape index (κ2) is 6.16. The van der Waals surface area contributed by atoms with E-state index in [1.165, 1.54) is 23.5 Å². The summed E-state index contributed by atoms with van der Waals surface area (Å²) in [6.07, 6.45) is 2.40. The number of thioether (sulfide) groups is 1. The molecule has 1 aromatic carbocycles. The molecule has 88 valence electrons. The summed E-state index contributed by atoms with van der Waals surface area (Å²) in [7, 11) is 1.72. The van der Waals surface area contributed by atoms with Gasteiger partial charge >= 0.3 is 0 Å². The Hall–Kier alpha value is -0.670. The third kappa shape index (κ3) is 3.42. The third-order valence-electron chi connectivity index (χ3n) is 2.91. The molecular formula is C13H19NOS. The smallest absolute Gasteiger partial charge is 0.119 e. The Labute approximate surface area is 102 Å². The Morgan fingerprint density at radius 2 is 2.44 bits per heavy atom. The van der Waals surface area contributed by atoms with Gasteiger partial charge in [-0.2, -0.15) is 11.8 Å². The Morgan fingerprint density at radius 1 is 1.50 bits per heavy atom. The summed E-state index contributed by atoms with van der Waals surface area (Å²) in [5, 5.41) is 3.61. The molecule has 0 aromatic heterocycles. The molecular weight excluding hydrogens is 218 g/mol. The van der Waals surface area contributed by atoms with Gasteiger partial charge in [-0.15, -0.1) is 0 Å². The van der Waals surface area contributed by atoms with Crippen molar-refractivity contribution >= 4 is 11.8 Å². The number of hydrogen-bond donors (Lipinski definition) is 1. The van der Waals surface area contributed by atoms with E-state index in [0.29, 0.717) is 0 Å². The van der Waals surface area contributed by atoms with Crippen molar-refractivity contribution in [3.63, 3.8) is 0 Å². The van der Waals surface area contributed by atoms with Crippen molar-refractivity contribution in [1.29, 1.82) is 0 Å². The minimum atomic E-state index is 0.732. The van der Waals surface area contributed by atoms with E-state index < -0.39 is 0 Å². The molecule has 0 amide bonds. The molecule has 1 N–H and O–H groups in total. The molecule has 0 spiro atoms. The van der Waals surface area contributed by atoms with Crippen molar-refractivity contribution in [2.45, 2.75) is 18.9 Å². The Morgan fingerprint density at radius 3 is 3.19 bits per heavy atom. The second-order valence-electron chi connectivity index (χ2n) is 4.12. The maximum Gasteiger partial charge on any atom is 0.119 e. The summed E-state index contributed by atoms with van der Waals surface area (Å²) in [5.74, 6) is 3.54. The Balaban J connectivity index is 1.75. The van der Waals surface area contributed by atoms with Crippen LogP contribution >= 0.6 is 11.8 Å². The van der Waals surface area contributed by atoms with Gasteiger partial charge in [-0.05, 0) is 42.8 Å². The number of hydrogen-bond acceptors (Lipinski definition) is 3. The molecule has 0 aliphatic carbocycles. The van der Waals surface area contributed by atoms with Crippen LogP contribution in [0.25, 0.3) is 0 Å². The minimum absolute atomic E-state index is 0.732. The first-order chi connectivity index (χ1) is 7.88. The molecule has 1 aliphatic heterocycles. The van der Waals surface area contributed by atoms with Gasteiger partial charge in [0.25, 0.3) is 0 Å². The summed E-state index contributed by atoms with van der Waals surface area (Å²) in [6, 6.07) is 9.05. The van der Waals surface area contributed by atoms with E-state index in [0.717, 1.165) is 24.8 Å². The largest absolute Gasteiger partial charge is 0.497 e. The number of ether oxygens (including phenoxy) is 1. The fraction of sp³-hybridized carbons (Fsp3) is 0.538. The van der Waals surface area contributed by atoms with Gasteiger partial charge in [0, 0.05) is 11.8 Å². The van der Waals surface area contributed by atoms with Crippen molar-refractivity contribution in [1.82, 2.24) is 5.32 Å². The van der Waals surface area contributed by atoms with Gasteiger partial charge in [-0.1, -0.05) is 12.1 Å². The van der Waals surface area contributed by atoms with Crippen LogP contribution in [0.2, 0.25) is 0 Å². The molecule has 3 heteroatoms. The van der Waals surface area contributed by atoms with Crippen LogP contribution in [0.5, 0.6) is 5.75 Å². The predicted octanol–water partition coefficient (Wildman–Crippen LogP) is 2.33. The van der Waals surface area contributed by atoms with E-state index in [1.807, 2.05) is 6.07 Å². The monoisotopic (exact) mass is 237 g/mol. The summed E-state index contributed by atoms with van der Waals surface area (Å²) in [4.78, 5) is 0. The van der Waals surface area contributed by atoms with Crippen LogP contribution in [0.1, 0.15) is 12.0 Å². The highest BCUT2D eigenvalue weighted by atomic mass is 32.2. The van der Waals surface area contributed by atoms with Gasteiger partial charge in [-0.3, -0.25) is 0 Å². The van der Waals surface area contributed by atoms with Crippen LogP contribution < -0.4 is 10.1 Å². The maximum atomic E-state index is 5.21. The van der Waals surface area contributed by atoms with Crippen LogP contribution in [0, 0.1) is 0 Å². The molecule has 0 unspecified atom stereocenters. The lowest BCUT2D eigenvalue weighted by molar-refractivity contribution is 0.414. The van der Waals surface area contributed by atoms with Crippen LogP contribution in [0.15, 0.2) is 24.3 Å². The second-order valence-corrected chi connectivity index (χ2v) is 5.27. The molecule has 0 saturated carbocycles. The van der Waals surface area contributed by atoms with Crippen molar-refractivity contribution in [2.24, 2.45) is 0 Å².